The lowest BCUT2D eigenvalue weighted by molar-refractivity contribution is -0.137. The molecule has 9 nitrogen and oxygen atoms in total. The van der Waals surface area contributed by atoms with Gasteiger partial charge in [0.2, 0.25) is 5.95 Å². The van der Waals surface area contributed by atoms with Gasteiger partial charge in [-0.05, 0) is 19.1 Å². The molecule has 5 rings (SSSR count). The van der Waals surface area contributed by atoms with E-state index >= 15 is 0 Å². The highest BCUT2D eigenvalue weighted by Gasteiger charge is 2.37. The highest BCUT2D eigenvalue weighted by atomic mass is 32.1. The number of carbonyl (C=O) groups is 1. The minimum atomic E-state index is -4.50. The summed E-state index contributed by atoms with van der Waals surface area (Å²) in [5.41, 5.74) is 1.13. The molecule has 4 aromatic rings. The van der Waals surface area contributed by atoms with E-state index in [-0.39, 0.29) is 42.5 Å². The average Bonchev–Trinajstić information content (AvgIpc) is 3.44. The van der Waals surface area contributed by atoms with E-state index in [1.807, 2.05) is 0 Å². The fraction of sp³-hybridized carbons (Fsp3) is 0.278. The minimum absolute atomic E-state index is 0.0525. The van der Waals surface area contributed by atoms with Crippen LogP contribution in [-0.4, -0.2) is 46.7 Å². The standard InChI is InChI=1S/C18H14F3N7O2S/c1-9-10(7-22-28(9)17-24-14(29)12-3-2-5-27(12)25-17)15(30)26-6-4-11-13(8-26)31-16(23-11)18(19,20)21/h2-3,5,7H,4,6,8H2,1H3,(H,24,25,29). The summed E-state index contributed by atoms with van der Waals surface area (Å²) in [6, 6.07) is 3.30. The summed E-state index contributed by atoms with van der Waals surface area (Å²) in [6.07, 6.45) is -1.27. The molecule has 0 saturated heterocycles. The second-order valence-electron chi connectivity index (χ2n) is 7.03. The monoisotopic (exact) mass is 449 g/mol. The minimum Gasteiger partial charge on any atom is -0.333 e. The molecule has 0 aromatic carbocycles. The summed E-state index contributed by atoms with van der Waals surface area (Å²) in [6.45, 7) is 1.96. The molecule has 1 amide bonds. The normalized spacial score (nSPS) is 14.3. The van der Waals surface area contributed by atoms with E-state index in [4.69, 9.17) is 0 Å². The molecule has 13 heteroatoms. The molecule has 5 heterocycles. The number of fused-ring (bicyclic) bond motifs is 2. The molecule has 0 atom stereocenters. The van der Waals surface area contributed by atoms with Gasteiger partial charge in [0.15, 0.2) is 5.01 Å². The van der Waals surface area contributed by atoms with Gasteiger partial charge < -0.3 is 4.90 Å². The lowest BCUT2D eigenvalue weighted by Gasteiger charge is -2.26. The van der Waals surface area contributed by atoms with Crippen molar-refractivity contribution >= 4 is 22.8 Å². The summed E-state index contributed by atoms with van der Waals surface area (Å²) in [4.78, 5) is 33.5. The Morgan fingerprint density at radius 3 is 2.90 bits per heavy atom. The Bertz CT molecular complexity index is 1380. The summed E-state index contributed by atoms with van der Waals surface area (Å²) in [7, 11) is 0. The van der Waals surface area contributed by atoms with E-state index < -0.39 is 11.2 Å². The number of amides is 1. The van der Waals surface area contributed by atoms with Crippen molar-refractivity contribution in [1.29, 1.82) is 0 Å². The zero-order valence-electron chi connectivity index (χ0n) is 16.0. The highest BCUT2D eigenvalue weighted by Crippen LogP contribution is 2.36. The molecule has 0 aliphatic carbocycles. The zero-order chi connectivity index (χ0) is 21.9. The van der Waals surface area contributed by atoms with Crippen LogP contribution in [0.5, 0.6) is 0 Å². The van der Waals surface area contributed by atoms with Gasteiger partial charge in [-0.15, -0.1) is 16.4 Å². The SMILES string of the molecule is Cc1c(C(=O)N2CCc3nc(C(F)(F)F)sc3C2)cnn1-c1nn2cccc2c(=O)[nH]1. The van der Waals surface area contributed by atoms with E-state index in [2.05, 4.69) is 20.2 Å². The molecule has 0 unspecified atom stereocenters. The predicted octanol–water partition coefficient (Wildman–Crippen LogP) is 2.19. The maximum atomic E-state index is 13.1. The molecule has 31 heavy (non-hydrogen) atoms. The molecule has 4 aromatic heterocycles. The van der Waals surface area contributed by atoms with Crippen LogP contribution in [0.2, 0.25) is 0 Å². The number of alkyl halides is 3. The van der Waals surface area contributed by atoms with Crippen molar-refractivity contribution in [3.05, 3.63) is 61.7 Å². The number of hydrogen-bond donors (Lipinski definition) is 1. The number of carbonyl (C=O) groups excluding carboxylic acids is 1. The summed E-state index contributed by atoms with van der Waals surface area (Å²) in [5.74, 6) is -0.218. The molecule has 0 spiro atoms. The second kappa shape index (κ2) is 6.77. The van der Waals surface area contributed by atoms with Crippen molar-refractivity contribution in [2.45, 2.75) is 26.1 Å². The van der Waals surface area contributed by atoms with Gasteiger partial charge in [0.1, 0.15) is 5.52 Å². The Morgan fingerprint density at radius 2 is 2.13 bits per heavy atom. The Hall–Kier alpha value is -3.48. The molecule has 1 aliphatic rings. The second-order valence-corrected chi connectivity index (χ2v) is 8.12. The van der Waals surface area contributed by atoms with Crippen molar-refractivity contribution in [2.75, 3.05) is 6.54 Å². The van der Waals surface area contributed by atoms with Crippen LogP contribution >= 0.6 is 11.3 Å². The Morgan fingerprint density at radius 1 is 1.32 bits per heavy atom. The van der Waals surface area contributed by atoms with E-state index in [0.29, 0.717) is 33.1 Å². The fourth-order valence-electron chi connectivity index (χ4n) is 3.52. The van der Waals surface area contributed by atoms with Gasteiger partial charge in [-0.25, -0.2) is 14.2 Å². The van der Waals surface area contributed by atoms with Crippen LogP contribution in [-0.2, 0) is 19.1 Å². The van der Waals surface area contributed by atoms with E-state index in [0.717, 1.165) is 0 Å². The number of aromatic nitrogens is 6. The molecule has 0 radical (unpaired) electrons. The van der Waals surface area contributed by atoms with Gasteiger partial charge in [0.25, 0.3) is 11.5 Å². The third kappa shape index (κ3) is 3.21. The Labute approximate surface area is 175 Å². The highest BCUT2D eigenvalue weighted by molar-refractivity contribution is 7.11. The molecule has 0 bridgehead atoms. The molecule has 0 fully saturated rings. The first-order chi connectivity index (χ1) is 14.7. The van der Waals surface area contributed by atoms with E-state index in [9.17, 15) is 22.8 Å². The molecule has 0 saturated carbocycles. The van der Waals surface area contributed by atoms with Crippen LogP contribution in [0.3, 0.4) is 0 Å². The van der Waals surface area contributed by atoms with Gasteiger partial charge in [0, 0.05) is 24.0 Å². The lowest BCUT2D eigenvalue weighted by Crippen LogP contribution is -2.35. The Balaban J connectivity index is 1.44. The number of rotatable bonds is 2. The predicted molar refractivity (Wildman–Crippen MR) is 103 cm³/mol. The fourth-order valence-corrected chi connectivity index (χ4v) is 4.51. The summed E-state index contributed by atoms with van der Waals surface area (Å²) >= 11 is 0.565. The number of aromatic amines is 1. The first-order valence-electron chi connectivity index (χ1n) is 9.20. The zero-order valence-corrected chi connectivity index (χ0v) is 16.8. The smallest absolute Gasteiger partial charge is 0.333 e. The van der Waals surface area contributed by atoms with E-state index in [1.54, 1.807) is 25.3 Å². The first kappa shape index (κ1) is 19.5. The van der Waals surface area contributed by atoms with Crippen molar-refractivity contribution < 1.29 is 18.0 Å². The van der Waals surface area contributed by atoms with Gasteiger partial charge in [-0.1, -0.05) is 0 Å². The van der Waals surface area contributed by atoms with Crippen LogP contribution in [0.4, 0.5) is 13.2 Å². The third-order valence-corrected chi connectivity index (χ3v) is 6.22. The van der Waals surface area contributed by atoms with Gasteiger partial charge in [-0.3, -0.25) is 14.6 Å². The van der Waals surface area contributed by atoms with Crippen LogP contribution in [0.1, 0.15) is 31.6 Å². The van der Waals surface area contributed by atoms with Crippen molar-refractivity contribution in [3.8, 4) is 5.95 Å². The number of thiazole rings is 1. The maximum Gasteiger partial charge on any atom is 0.443 e. The van der Waals surface area contributed by atoms with Crippen LogP contribution in [0.15, 0.2) is 29.3 Å². The van der Waals surface area contributed by atoms with Crippen molar-refractivity contribution in [1.82, 2.24) is 34.3 Å². The lowest BCUT2D eigenvalue weighted by atomic mass is 10.1. The quantitative estimate of drug-likeness (QED) is 0.506. The first-order valence-corrected chi connectivity index (χ1v) is 10.0. The van der Waals surface area contributed by atoms with Gasteiger partial charge in [0.05, 0.1) is 29.7 Å². The number of nitrogens with one attached hydrogen (secondary N) is 1. The molecule has 160 valence electrons. The van der Waals surface area contributed by atoms with E-state index in [1.165, 1.54) is 20.3 Å². The largest absolute Gasteiger partial charge is 0.443 e. The van der Waals surface area contributed by atoms with Crippen LogP contribution in [0, 0.1) is 6.92 Å². The third-order valence-electron chi connectivity index (χ3n) is 5.09. The molecular formula is C18H14F3N7O2S. The number of hydrogen-bond acceptors (Lipinski definition) is 6. The number of H-pyrrole nitrogens is 1. The van der Waals surface area contributed by atoms with Crippen LogP contribution < -0.4 is 5.56 Å². The topological polar surface area (TPSA) is 101 Å². The van der Waals surface area contributed by atoms with Gasteiger partial charge in [-0.2, -0.15) is 18.3 Å². The van der Waals surface area contributed by atoms with Gasteiger partial charge >= 0.3 is 6.18 Å². The number of halogens is 3. The summed E-state index contributed by atoms with van der Waals surface area (Å²) in [5, 5.41) is 7.57. The molecule has 1 N–H and O–H groups in total. The number of nitrogens with zero attached hydrogens (tertiary/aromatic N) is 6. The molecular weight excluding hydrogens is 435 g/mol. The maximum absolute atomic E-state index is 13.1. The summed E-state index contributed by atoms with van der Waals surface area (Å²) < 4.78 is 41.6. The van der Waals surface area contributed by atoms with Crippen molar-refractivity contribution in [2.24, 2.45) is 0 Å². The van der Waals surface area contributed by atoms with Crippen molar-refractivity contribution in [3.63, 3.8) is 0 Å². The molecule has 1 aliphatic heterocycles. The van der Waals surface area contributed by atoms with Crippen LogP contribution in [0.25, 0.3) is 11.5 Å². The Kier molecular flexibility index (Phi) is 4.25. The average molecular weight is 449 g/mol.